The molecule has 0 saturated heterocycles. The van der Waals surface area contributed by atoms with Crippen LogP contribution in [0.4, 0.5) is 0 Å². The lowest BCUT2D eigenvalue weighted by atomic mass is 10.0. The van der Waals surface area contributed by atoms with Crippen molar-refractivity contribution in [2.24, 2.45) is 0 Å². The van der Waals surface area contributed by atoms with Crippen LogP contribution < -0.4 is 0 Å². The molecular weight excluding hydrogens is 244 g/mol. The average molecular weight is 258 g/mol. The second-order valence-corrected chi connectivity index (χ2v) is 3.96. The Kier molecular flexibility index (Phi) is 3.80. The molecule has 2 aromatic carbocycles. The van der Waals surface area contributed by atoms with E-state index in [0.717, 1.165) is 10.8 Å². The number of esters is 2. The zero-order chi connectivity index (χ0) is 13.8. The molecule has 0 spiro atoms. The molecule has 0 aromatic heterocycles. The van der Waals surface area contributed by atoms with E-state index in [1.165, 1.54) is 7.11 Å². The fourth-order valence-electron chi connectivity index (χ4n) is 1.90. The van der Waals surface area contributed by atoms with Gasteiger partial charge >= 0.3 is 11.9 Å². The molecule has 0 atom stereocenters. The van der Waals surface area contributed by atoms with Gasteiger partial charge in [0.25, 0.3) is 0 Å². The van der Waals surface area contributed by atoms with Gasteiger partial charge in [0.15, 0.2) is 0 Å². The molecule has 4 heteroatoms. The van der Waals surface area contributed by atoms with E-state index in [-0.39, 0.29) is 17.7 Å². The third-order valence-electron chi connectivity index (χ3n) is 2.79. The van der Waals surface area contributed by atoms with Crippen LogP contribution in [0.3, 0.4) is 0 Å². The highest BCUT2D eigenvalue weighted by atomic mass is 16.5. The zero-order valence-corrected chi connectivity index (χ0v) is 10.8. The first-order valence-electron chi connectivity index (χ1n) is 5.95. The molecule has 0 fully saturated rings. The van der Waals surface area contributed by atoms with Gasteiger partial charge in [0, 0.05) is 0 Å². The topological polar surface area (TPSA) is 52.6 Å². The van der Waals surface area contributed by atoms with Gasteiger partial charge in [-0.25, -0.2) is 9.59 Å². The Morgan fingerprint density at radius 1 is 1.00 bits per heavy atom. The molecule has 0 aliphatic rings. The summed E-state index contributed by atoms with van der Waals surface area (Å²) in [6.45, 7) is 1.98. The van der Waals surface area contributed by atoms with Gasteiger partial charge in [0.1, 0.15) is 0 Å². The number of methoxy groups -OCH3 is 1. The largest absolute Gasteiger partial charge is 0.465 e. The minimum Gasteiger partial charge on any atom is -0.465 e. The molecule has 0 saturated carbocycles. The number of benzene rings is 2. The first-order valence-corrected chi connectivity index (χ1v) is 5.95. The first-order chi connectivity index (χ1) is 9.17. The van der Waals surface area contributed by atoms with Crippen LogP contribution in [0, 0.1) is 0 Å². The Labute approximate surface area is 110 Å². The molecule has 0 radical (unpaired) electrons. The zero-order valence-electron chi connectivity index (χ0n) is 10.8. The number of carbonyl (C=O) groups excluding carboxylic acids is 2. The summed E-state index contributed by atoms with van der Waals surface area (Å²) >= 11 is 0. The minimum atomic E-state index is -0.547. The molecule has 98 valence electrons. The Balaban J connectivity index is 2.63. The van der Waals surface area contributed by atoms with Gasteiger partial charge in [0.2, 0.25) is 0 Å². The normalized spacial score (nSPS) is 10.2. The quantitative estimate of drug-likeness (QED) is 0.794. The molecule has 2 aromatic rings. The lowest BCUT2D eigenvalue weighted by Gasteiger charge is -2.09. The van der Waals surface area contributed by atoms with Crippen molar-refractivity contribution in [3.05, 3.63) is 47.5 Å². The molecule has 0 heterocycles. The minimum absolute atomic E-state index is 0.222. The van der Waals surface area contributed by atoms with E-state index >= 15 is 0 Å². The SMILES string of the molecule is CCOC(=O)c1cc2ccccc2cc1C(=O)OC. The molecule has 0 unspecified atom stereocenters. The number of fused-ring (bicyclic) bond motifs is 1. The third kappa shape index (κ3) is 2.57. The summed E-state index contributed by atoms with van der Waals surface area (Å²) in [5.74, 6) is -1.07. The van der Waals surface area contributed by atoms with Crippen LogP contribution in [0.15, 0.2) is 36.4 Å². The van der Waals surface area contributed by atoms with Crippen LogP contribution in [0.5, 0.6) is 0 Å². The van der Waals surface area contributed by atoms with E-state index in [1.807, 2.05) is 24.3 Å². The molecular formula is C15H14O4. The maximum Gasteiger partial charge on any atom is 0.339 e. The summed E-state index contributed by atoms with van der Waals surface area (Å²) in [6, 6.07) is 10.8. The Hall–Kier alpha value is -2.36. The van der Waals surface area contributed by atoms with Crippen molar-refractivity contribution in [2.45, 2.75) is 6.92 Å². The van der Waals surface area contributed by atoms with Crippen LogP contribution >= 0.6 is 0 Å². The summed E-state index contributed by atoms with van der Waals surface area (Å²) in [7, 11) is 1.28. The molecule has 0 aliphatic carbocycles. The van der Waals surface area contributed by atoms with Gasteiger partial charge in [-0.3, -0.25) is 0 Å². The maximum atomic E-state index is 11.9. The van der Waals surface area contributed by atoms with Crippen LogP contribution in [0.1, 0.15) is 27.6 Å². The second kappa shape index (κ2) is 5.52. The van der Waals surface area contributed by atoms with Crippen molar-refractivity contribution in [1.29, 1.82) is 0 Å². The highest BCUT2D eigenvalue weighted by Crippen LogP contribution is 2.21. The van der Waals surface area contributed by atoms with Crippen LogP contribution in [0.25, 0.3) is 10.8 Å². The van der Waals surface area contributed by atoms with Gasteiger partial charge in [-0.05, 0) is 29.8 Å². The van der Waals surface area contributed by atoms with E-state index in [2.05, 4.69) is 0 Å². The van der Waals surface area contributed by atoms with Crippen LogP contribution in [0.2, 0.25) is 0 Å². The number of carbonyl (C=O) groups is 2. The lowest BCUT2D eigenvalue weighted by molar-refractivity contribution is 0.0504. The summed E-state index contributed by atoms with van der Waals surface area (Å²) in [5, 5.41) is 1.74. The Morgan fingerprint density at radius 2 is 1.53 bits per heavy atom. The predicted molar refractivity (Wildman–Crippen MR) is 71.2 cm³/mol. The first kappa shape index (κ1) is 13.1. The molecule has 19 heavy (non-hydrogen) atoms. The molecule has 2 rings (SSSR count). The number of ether oxygens (including phenoxy) is 2. The lowest BCUT2D eigenvalue weighted by Crippen LogP contribution is -2.13. The van der Waals surface area contributed by atoms with E-state index in [0.29, 0.717) is 0 Å². The summed E-state index contributed by atoms with van der Waals surface area (Å²) in [4.78, 5) is 23.7. The smallest absolute Gasteiger partial charge is 0.339 e. The van der Waals surface area contributed by atoms with E-state index in [1.54, 1.807) is 19.1 Å². The van der Waals surface area contributed by atoms with Crippen molar-refractivity contribution in [2.75, 3.05) is 13.7 Å². The van der Waals surface area contributed by atoms with Crippen LogP contribution in [-0.2, 0) is 9.47 Å². The highest BCUT2D eigenvalue weighted by Gasteiger charge is 2.19. The highest BCUT2D eigenvalue weighted by molar-refractivity contribution is 6.07. The van der Waals surface area contributed by atoms with E-state index < -0.39 is 11.9 Å². The van der Waals surface area contributed by atoms with Gasteiger partial charge < -0.3 is 9.47 Å². The van der Waals surface area contributed by atoms with E-state index in [9.17, 15) is 9.59 Å². The molecule has 0 amide bonds. The van der Waals surface area contributed by atoms with E-state index in [4.69, 9.17) is 9.47 Å². The maximum absolute atomic E-state index is 11.9. The summed E-state index contributed by atoms with van der Waals surface area (Å²) in [5.41, 5.74) is 0.451. The van der Waals surface area contributed by atoms with Crippen molar-refractivity contribution in [3.8, 4) is 0 Å². The standard InChI is InChI=1S/C15H14O4/c1-3-19-15(17)13-9-11-7-5-4-6-10(11)8-12(13)14(16)18-2/h4-9H,3H2,1-2H3. The summed E-state index contributed by atoms with van der Waals surface area (Å²) in [6.07, 6.45) is 0. The third-order valence-corrected chi connectivity index (χ3v) is 2.79. The van der Waals surface area contributed by atoms with Crippen molar-refractivity contribution in [1.82, 2.24) is 0 Å². The van der Waals surface area contributed by atoms with Crippen molar-refractivity contribution < 1.29 is 19.1 Å². The fourth-order valence-corrected chi connectivity index (χ4v) is 1.90. The van der Waals surface area contributed by atoms with Crippen molar-refractivity contribution in [3.63, 3.8) is 0 Å². The second-order valence-electron chi connectivity index (χ2n) is 3.96. The van der Waals surface area contributed by atoms with Gasteiger partial charge in [-0.2, -0.15) is 0 Å². The monoisotopic (exact) mass is 258 g/mol. The molecule has 0 bridgehead atoms. The number of hydrogen-bond acceptors (Lipinski definition) is 4. The Morgan fingerprint density at radius 3 is 2.00 bits per heavy atom. The number of rotatable bonds is 3. The van der Waals surface area contributed by atoms with Gasteiger partial charge in [0.05, 0.1) is 24.8 Å². The molecule has 0 N–H and O–H groups in total. The Bertz CT molecular complexity index is 631. The van der Waals surface area contributed by atoms with Crippen molar-refractivity contribution >= 4 is 22.7 Å². The molecule has 0 aliphatic heterocycles. The van der Waals surface area contributed by atoms with Gasteiger partial charge in [-0.1, -0.05) is 24.3 Å². The fraction of sp³-hybridized carbons (Fsp3) is 0.200. The van der Waals surface area contributed by atoms with Gasteiger partial charge in [-0.15, -0.1) is 0 Å². The van der Waals surface area contributed by atoms with Crippen LogP contribution in [-0.4, -0.2) is 25.7 Å². The molecule has 4 nitrogen and oxygen atoms in total. The number of hydrogen-bond donors (Lipinski definition) is 0. The predicted octanol–water partition coefficient (Wildman–Crippen LogP) is 2.80. The summed E-state index contributed by atoms with van der Waals surface area (Å²) < 4.78 is 9.67. The average Bonchev–Trinajstić information content (AvgIpc) is 2.45.